The summed E-state index contributed by atoms with van der Waals surface area (Å²) in [5, 5.41) is 0. The summed E-state index contributed by atoms with van der Waals surface area (Å²) in [6.07, 6.45) is 73.8. The van der Waals surface area contributed by atoms with Crippen LogP contribution in [0.15, 0.2) is 153 Å². The molecule has 0 aromatic carbocycles. The van der Waals surface area contributed by atoms with Gasteiger partial charge in [0.1, 0.15) is 0 Å². The maximum Gasteiger partial charge on any atom is 0.0364 e. The van der Waals surface area contributed by atoms with Gasteiger partial charge in [0.2, 0.25) is 0 Å². The number of hydrogen-bond acceptors (Lipinski definition) is 2. The number of rotatable bonds is 9. The van der Waals surface area contributed by atoms with E-state index in [4.69, 9.17) is 0 Å². The second kappa shape index (κ2) is 19.4. The molecule has 81 heavy (non-hydrogen) atoms. The Morgan fingerprint density at radius 1 is 0.593 bits per heavy atom. The van der Waals surface area contributed by atoms with Crippen molar-refractivity contribution >= 4 is 0 Å². The minimum absolute atomic E-state index is 0.152. The Morgan fingerprint density at radius 2 is 1.43 bits per heavy atom. The SMILES string of the molecule is CC(C)C1CC(N(C2=CCC(C3=CCCCC3)CC2)C2=CC=CC3C4CCC=CC4C(C)(C)C23)=C2C=C3C4=C(C=C(N(C5CC=C(C6CCCCC6)CC5)C5CC=CC6C7C=CC=CC7C(C)(C)C65)C56CCC1C2C5[C@H]46)CCC3(C)C. The van der Waals surface area contributed by atoms with Crippen molar-refractivity contribution < 1.29 is 0 Å². The van der Waals surface area contributed by atoms with Crippen LogP contribution in [0.4, 0.5) is 0 Å². The number of hydrogen-bond donors (Lipinski definition) is 0. The highest BCUT2D eigenvalue weighted by Gasteiger charge is 2.77. The van der Waals surface area contributed by atoms with Gasteiger partial charge in [-0.2, -0.15) is 0 Å². The lowest BCUT2D eigenvalue weighted by molar-refractivity contribution is 0.0267. The molecule has 5 fully saturated rings. The fourth-order valence-corrected chi connectivity index (χ4v) is 24.2. The monoisotopic (exact) mass is 1080 g/mol. The third-order valence-electron chi connectivity index (χ3n) is 27.9. The Labute approximate surface area is 492 Å². The van der Waals surface area contributed by atoms with Gasteiger partial charge in [-0.3, -0.25) is 0 Å². The van der Waals surface area contributed by atoms with Crippen LogP contribution >= 0.6 is 0 Å². The lowest BCUT2D eigenvalue weighted by atomic mass is 9.57. The van der Waals surface area contributed by atoms with Crippen LogP contribution in [-0.2, 0) is 0 Å². The van der Waals surface area contributed by atoms with E-state index in [2.05, 4.69) is 162 Å². The van der Waals surface area contributed by atoms with Gasteiger partial charge in [-0.15, -0.1) is 0 Å². The molecule has 16 aliphatic carbocycles. The van der Waals surface area contributed by atoms with Crippen molar-refractivity contribution in [3.63, 3.8) is 0 Å². The zero-order valence-electron chi connectivity index (χ0n) is 51.8. The summed E-state index contributed by atoms with van der Waals surface area (Å²) in [7, 11) is 0. The quantitative estimate of drug-likeness (QED) is 0.212. The third kappa shape index (κ3) is 7.79. The summed E-state index contributed by atoms with van der Waals surface area (Å²) in [6.45, 7) is 21.5. The van der Waals surface area contributed by atoms with Crippen LogP contribution < -0.4 is 0 Å². The molecule has 5 saturated carbocycles. The lowest BCUT2D eigenvalue weighted by Gasteiger charge is -2.55. The largest absolute Gasteiger partial charge is 0.367 e. The second-order valence-electron chi connectivity index (χ2n) is 32.7. The molecule has 0 aromatic rings. The predicted octanol–water partition coefficient (Wildman–Crippen LogP) is 20.2. The molecule has 16 aliphatic rings. The Morgan fingerprint density at radius 3 is 2.22 bits per heavy atom. The Kier molecular flexibility index (Phi) is 12.6. The molecule has 2 nitrogen and oxygen atoms in total. The summed E-state index contributed by atoms with van der Waals surface area (Å²) in [5.74, 6) is 10.5. The van der Waals surface area contributed by atoms with Crippen LogP contribution in [0.3, 0.4) is 0 Å². The van der Waals surface area contributed by atoms with E-state index in [1.165, 1.54) is 148 Å². The molecule has 1 spiro atoms. The van der Waals surface area contributed by atoms with E-state index in [1.54, 1.807) is 33.8 Å². The van der Waals surface area contributed by atoms with Crippen LogP contribution in [0.1, 0.15) is 203 Å². The number of allylic oxidation sites excluding steroid dienone is 24. The van der Waals surface area contributed by atoms with E-state index in [0.29, 0.717) is 83.1 Å². The van der Waals surface area contributed by atoms with E-state index in [-0.39, 0.29) is 21.7 Å². The predicted molar refractivity (Wildman–Crippen MR) is 337 cm³/mol. The van der Waals surface area contributed by atoms with Crippen LogP contribution in [0.2, 0.25) is 0 Å². The van der Waals surface area contributed by atoms with Crippen LogP contribution in [0.25, 0.3) is 0 Å². The smallest absolute Gasteiger partial charge is 0.0364 e. The summed E-state index contributed by atoms with van der Waals surface area (Å²) >= 11 is 0. The molecular weight excluding hydrogens is 977 g/mol. The molecule has 0 heterocycles. The van der Waals surface area contributed by atoms with Gasteiger partial charge >= 0.3 is 0 Å². The Hall–Kier alpha value is -3.78. The highest BCUT2D eigenvalue weighted by molar-refractivity contribution is 5.64. The topological polar surface area (TPSA) is 6.48 Å². The fourth-order valence-electron chi connectivity index (χ4n) is 24.2. The van der Waals surface area contributed by atoms with Crippen LogP contribution in [0.5, 0.6) is 0 Å². The highest BCUT2D eigenvalue weighted by Crippen LogP contribution is 2.83. The second-order valence-corrected chi connectivity index (χ2v) is 32.7. The van der Waals surface area contributed by atoms with E-state index >= 15 is 0 Å². The van der Waals surface area contributed by atoms with Gasteiger partial charge < -0.3 is 9.80 Å². The van der Waals surface area contributed by atoms with Crippen LogP contribution in [-0.4, -0.2) is 21.9 Å². The normalized spacial score (nSPS) is 43.4. The van der Waals surface area contributed by atoms with Crippen molar-refractivity contribution in [1.29, 1.82) is 0 Å². The molecule has 0 bridgehead atoms. The molecule has 0 aromatic heterocycles. The van der Waals surface area contributed by atoms with Crippen molar-refractivity contribution in [1.82, 2.24) is 9.80 Å². The lowest BCUT2D eigenvalue weighted by Crippen LogP contribution is -2.54. The minimum Gasteiger partial charge on any atom is -0.367 e. The summed E-state index contributed by atoms with van der Waals surface area (Å²) < 4.78 is 0. The van der Waals surface area contributed by atoms with Gasteiger partial charge in [-0.25, -0.2) is 0 Å². The zero-order chi connectivity index (χ0) is 54.9. The summed E-state index contributed by atoms with van der Waals surface area (Å²) in [4.78, 5) is 6.53. The van der Waals surface area contributed by atoms with Crippen molar-refractivity contribution in [3.8, 4) is 0 Å². The average molecular weight is 1080 g/mol. The molecule has 16 unspecified atom stereocenters. The fraction of sp³-hybridized carbons (Fsp3) is 0.671. The molecule has 0 N–H and O–H groups in total. The van der Waals surface area contributed by atoms with E-state index in [0.717, 1.165) is 23.7 Å². The van der Waals surface area contributed by atoms with Gasteiger partial charge in [-0.05, 0) is 262 Å². The maximum absolute atomic E-state index is 3.38. The van der Waals surface area contributed by atoms with Crippen molar-refractivity contribution in [3.05, 3.63) is 153 Å². The maximum atomic E-state index is 3.38. The Balaban J connectivity index is 0.875. The molecule has 17 atom stereocenters. The molecule has 0 radical (unpaired) electrons. The first-order valence-corrected chi connectivity index (χ1v) is 34.9. The molecule has 2 heteroatoms. The zero-order valence-corrected chi connectivity index (χ0v) is 51.8. The van der Waals surface area contributed by atoms with E-state index in [1.807, 2.05) is 22.4 Å². The van der Waals surface area contributed by atoms with Gasteiger partial charge in [0, 0.05) is 52.1 Å². The first-order valence-electron chi connectivity index (χ1n) is 34.9. The first-order chi connectivity index (χ1) is 39.3. The van der Waals surface area contributed by atoms with Gasteiger partial charge in [-0.1, -0.05) is 171 Å². The van der Waals surface area contributed by atoms with E-state index < -0.39 is 0 Å². The first kappa shape index (κ1) is 52.7. The number of fused-ring (bicyclic) bond motifs is 6. The standard InChI is InChI=1S/C79H104N2/c1-48(2)61-47-68(80(54-37-33-51(34-38-54)49-21-11-9-12-22-49)66-31-19-27-59-56-25-15-17-29-63(56)77(5,6)72(59)66)62-46-65-70-53(41-43-76(65,3)4)45-69(79-44-42-58(61)71(62)75(79)74(70)79)81(55-39-35-52(36-40-55)50-23-13-10-14-24-50)67-32-20-28-60-57-26-16-18-30-64(57)78(7,8)73(60)67/h16-21,26-31,35,37,45-46,48,50-51,55-61,63-64,67,71-75H,9-15,22-25,32-34,36,38-44,47H2,1-8H3/t51?,55?,56?,57?,58?,59?,60?,61?,63?,64?,67?,71?,72?,73?,74-,75?,79?/m0/s1. The Bertz CT molecular complexity index is 3020. The summed E-state index contributed by atoms with van der Waals surface area (Å²) in [6, 6.07) is 1.11. The third-order valence-corrected chi connectivity index (χ3v) is 27.9. The van der Waals surface area contributed by atoms with Gasteiger partial charge in [0.05, 0.1) is 0 Å². The number of nitrogens with zero attached hydrogens (tertiary/aromatic N) is 2. The molecule has 0 aliphatic heterocycles. The van der Waals surface area contributed by atoms with Crippen molar-refractivity contribution in [2.45, 2.75) is 215 Å². The minimum atomic E-state index is 0.152. The van der Waals surface area contributed by atoms with Gasteiger partial charge in [0.15, 0.2) is 0 Å². The van der Waals surface area contributed by atoms with E-state index in [9.17, 15) is 0 Å². The molecular formula is C79H104N2. The van der Waals surface area contributed by atoms with Crippen molar-refractivity contribution in [2.75, 3.05) is 0 Å². The highest BCUT2D eigenvalue weighted by atomic mass is 15.2. The van der Waals surface area contributed by atoms with Gasteiger partial charge in [0.25, 0.3) is 0 Å². The van der Waals surface area contributed by atoms with Crippen molar-refractivity contribution in [2.24, 2.45) is 116 Å². The molecule has 16 rings (SSSR count). The molecule has 0 saturated heterocycles. The van der Waals surface area contributed by atoms with Crippen LogP contribution in [0, 0.1) is 116 Å². The summed E-state index contributed by atoms with van der Waals surface area (Å²) in [5.41, 5.74) is 18.7. The molecule has 430 valence electrons. The molecule has 0 amide bonds. The average Bonchev–Trinajstić information content (AvgIpc) is 1.53.